The normalized spacial score (nSPS) is 22.5. The Morgan fingerprint density at radius 3 is 1.97 bits per heavy atom. The second-order valence-electron chi connectivity index (χ2n) is 9.96. The molecule has 2 aromatic carbocycles. The molecular formula is C28H38N2O4. The van der Waals surface area contributed by atoms with Crippen LogP contribution < -0.4 is 10.6 Å². The van der Waals surface area contributed by atoms with Gasteiger partial charge in [0.2, 0.25) is 0 Å². The van der Waals surface area contributed by atoms with Gasteiger partial charge >= 0.3 is 6.03 Å². The van der Waals surface area contributed by atoms with E-state index in [2.05, 4.69) is 10.6 Å². The Kier molecular flexibility index (Phi) is 8.24. The first kappa shape index (κ1) is 24.7. The summed E-state index contributed by atoms with van der Waals surface area (Å²) in [6.07, 6.45) is 4.88. The molecule has 2 aliphatic rings. The van der Waals surface area contributed by atoms with Gasteiger partial charge in [-0.1, -0.05) is 74.5 Å². The topological polar surface area (TPSA) is 79.8 Å². The maximum Gasteiger partial charge on any atom is 0.315 e. The van der Waals surface area contributed by atoms with E-state index in [9.17, 15) is 9.90 Å². The van der Waals surface area contributed by atoms with E-state index >= 15 is 0 Å². The van der Waals surface area contributed by atoms with Gasteiger partial charge in [-0.25, -0.2) is 4.79 Å². The minimum absolute atomic E-state index is 0.00156. The zero-order chi connectivity index (χ0) is 24.0. The summed E-state index contributed by atoms with van der Waals surface area (Å²) in [5.74, 6) is 0.576. The maximum atomic E-state index is 13.1. The number of benzene rings is 2. The molecule has 2 aromatic rings. The molecule has 1 saturated heterocycles. The van der Waals surface area contributed by atoms with Crippen molar-refractivity contribution in [2.24, 2.45) is 11.8 Å². The van der Waals surface area contributed by atoms with Gasteiger partial charge in [0.1, 0.15) is 5.60 Å². The van der Waals surface area contributed by atoms with Crippen LogP contribution in [0.4, 0.5) is 4.79 Å². The number of carbonyl (C=O) groups excluding carboxylic acids is 1. The first-order chi connectivity index (χ1) is 16.5. The summed E-state index contributed by atoms with van der Waals surface area (Å²) in [6.45, 7) is 5.44. The van der Waals surface area contributed by atoms with Crippen LogP contribution in [-0.4, -0.2) is 42.7 Å². The standard InChI is InChI=1S/C28H38N2O4/c1-20(2)26(28(32,22-9-5-3-6-10-22)23-11-7-4-8-12-23)30-27(31)29-24-15-13-21(14-16-24)19-25-33-17-18-34-25/h3-12,20-21,24-26,32H,13-19H2,1-2H3,(H2,29,30,31). The largest absolute Gasteiger partial charge is 0.378 e. The third kappa shape index (κ3) is 5.80. The molecule has 0 radical (unpaired) electrons. The number of amides is 2. The molecule has 184 valence electrons. The number of hydrogen-bond acceptors (Lipinski definition) is 4. The van der Waals surface area contributed by atoms with Crippen LogP contribution in [0.1, 0.15) is 57.1 Å². The minimum Gasteiger partial charge on any atom is -0.378 e. The molecule has 34 heavy (non-hydrogen) atoms. The molecule has 6 heteroatoms. The van der Waals surface area contributed by atoms with E-state index in [1.54, 1.807) is 0 Å². The van der Waals surface area contributed by atoms with Gasteiger partial charge < -0.3 is 25.2 Å². The SMILES string of the molecule is CC(C)C(NC(=O)NC1CCC(CC2OCCO2)CC1)C(O)(c1ccccc1)c1ccccc1. The minimum atomic E-state index is -1.35. The van der Waals surface area contributed by atoms with E-state index in [1.807, 2.05) is 74.5 Å². The summed E-state index contributed by atoms with van der Waals surface area (Å²) in [6, 6.07) is 18.6. The van der Waals surface area contributed by atoms with Crippen molar-refractivity contribution in [1.29, 1.82) is 0 Å². The predicted octanol–water partition coefficient (Wildman–Crippen LogP) is 4.57. The average molecular weight is 467 g/mol. The fourth-order valence-corrected chi connectivity index (χ4v) is 5.39. The van der Waals surface area contributed by atoms with E-state index < -0.39 is 11.6 Å². The number of ether oxygens (including phenoxy) is 2. The van der Waals surface area contributed by atoms with Crippen LogP contribution in [0.5, 0.6) is 0 Å². The Bertz CT molecular complexity index is 852. The number of nitrogens with one attached hydrogen (secondary N) is 2. The molecule has 4 rings (SSSR count). The highest BCUT2D eigenvalue weighted by Crippen LogP contribution is 2.36. The smallest absolute Gasteiger partial charge is 0.315 e. The Morgan fingerprint density at radius 1 is 0.941 bits per heavy atom. The number of aliphatic hydroxyl groups is 1. The molecule has 1 atom stereocenters. The second-order valence-corrected chi connectivity index (χ2v) is 9.96. The third-order valence-corrected chi connectivity index (χ3v) is 7.23. The van der Waals surface area contributed by atoms with Crippen molar-refractivity contribution in [1.82, 2.24) is 10.6 Å². The summed E-state index contributed by atoms with van der Waals surface area (Å²) in [4.78, 5) is 13.1. The number of hydrogen-bond donors (Lipinski definition) is 3. The molecule has 2 fully saturated rings. The number of urea groups is 1. The third-order valence-electron chi connectivity index (χ3n) is 7.23. The Morgan fingerprint density at radius 2 is 1.47 bits per heavy atom. The van der Waals surface area contributed by atoms with Crippen molar-refractivity contribution < 1.29 is 19.4 Å². The second kappa shape index (κ2) is 11.3. The average Bonchev–Trinajstić information content (AvgIpc) is 3.37. The van der Waals surface area contributed by atoms with Gasteiger partial charge in [0.15, 0.2) is 6.29 Å². The Labute approximate surface area is 203 Å². The van der Waals surface area contributed by atoms with E-state index in [-0.39, 0.29) is 24.3 Å². The fourth-order valence-electron chi connectivity index (χ4n) is 5.39. The van der Waals surface area contributed by atoms with Gasteiger partial charge in [-0.05, 0) is 48.6 Å². The highest BCUT2D eigenvalue weighted by atomic mass is 16.7. The molecular weight excluding hydrogens is 428 g/mol. The highest BCUT2D eigenvalue weighted by molar-refractivity contribution is 5.75. The number of rotatable bonds is 8. The van der Waals surface area contributed by atoms with Crippen LogP contribution in [0.25, 0.3) is 0 Å². The maximum absolute atomic E-state index is 13.1. The lowest BCUT2D eigenvalue weighted by Gasteiger charge is -2.40. The molecule has 0 aromatic heterocycles. The summed E-state index contributed by atoms with van der Waals surface area (Å²) in [5, 5.41) is 18.4. The van der Waals surface area contributed by atoms with E-state index in [0.29, 0.717) is 19.1 Å². The lowest BCUT2D eigenvalue weighted by Crippen LogP contribution is -2.57. The van der Waals surface area contributed by atoms with Crippen molar-refractivity contribution >= 4 is 6.03 Å². The summed E-state index contributed by atoms with van der Waals surface area (Å²) >= 11 is 0. The molecule has 1 saturated carbocycles. The van der Waals surface area contributed by atoms with E-state index in [1.165, 1.54) is 0 Å². The van der Waals surface area contributed by atoms with Crippen molar-refractivity contribution in [3.63, 3.8) is 0 Å². The molecule has 0 bridgehead atoms. The van der Waals surface area contributed by atoms with Crippen molar-refractivity contribution in [3.8, 4) is 0 Å². The number of carbonyl (C=O) groups is 1. The van der Waals surface area contributed by atoms with Crippen molar-refractivity contribution in [3.05, 3.63) is 71.8 Å². The van der Waals surface area contributed by atoms with Crippen molar-refractivity contribution in [2.45, 2.75) is 69.9 Å². The van der Waals surface area contributed by atoms with Crippen LogP contribution in [0, 0.1) is 11.8 Å². The van der Waals surface area contributed by atoms with Gasteiger partial charge in [0, 0.05) is 12.5 Å². The Hall–Kier alpha value is -2.41. The quantitative estimate of drug-likeness (QED) is 0.533. The molecule has 3 N–H and O–H groups in total. The summed E-state index contributed by atoms with van der Waals surface area (Å²) in [7, 11) is 0. The lowest BCUT2D eigenvalue weighted by molar-refractivity contribution is -0.0601. The zero-order valence-corrected chi connectivity index (χ0v) is 20.3. The van der Waals surface area contributed by atoms with Crippen molar-refractivity contribution in [2.75, 3.05) is 13.2 Å². The van der Waals surface area contributed by atoms with Crippen LogP contribution in [0.2, 0.25) is 0 Å². The lowest BCUT2D eigenvalue weighted by atomic mass is 9.76. The summed E-state index contributed by atoms with van der Waals surface area (Å²) in [5.41, 5.74) is 0.168. The molecule has 6 nitrogen and oxygen atoms in total. The van der Waals surface area contributed by atoms with E-state index in [4.69, 9.17) is 9.47 Å². The predicted molar refractivity (Wildman–Crippen MR) is 132 cm³/mol. The van der Waals surface area contributed by atoms with Gasteiger partial charge in [0.25, 0.3) is 0 Å². The molecule has 1 heterocycles. The molecule has 1 unspecified atom stereocenters. The first-order valence-electron chi connectivity index (χ1n) is 12.6. The highest BCUT2D eigenvalue weighted by Gasteiger charge is 2.43. The monoisotopic (exact) mass is 466 g/mol. The van der Waals surface area contributed by atoms with Gasteiger partial charge in [-0.3, -0.25) is 0 Å². The van der Waals surface area contributed by atoms with Gasteiger partial charge in [-0.2, -0.15) is 0 Å². The summed E-state index contributed by atoms with van der Waals surface area (Å²) < 4.78 is 11.2. The van der Waals surface area contributed by atoms with E-state index in [0.717, 1.165) is 43.2 Å². The van der Waals surface area contributed by atoms with Crippen LogP contribution in [-0.2, 0) is 15.1 Å². The Balaban J connectivity index is 1.42. The van der Waals surface area contributed by atoms with Crippen LogP contribution in [0.3, 0.4) is 0 Å². The first-order valence-corrected chi connectivity index (χ1v) is 12.6. The zero-order valence-electron chi connectivity index (χ0n) is 20.3. The molecule has 1 aliphatic carbocycles. The van der Waals surface area contributed by atoms with Crippen LogP contribution in [0.15, 0.2) is 60.7 Å². The molecule has 2 amide bonds. The molecule has 1 aliphatic heterocycles. The van der Waals surface area contributed by atoms with Gasteiger partial charge in [-0.15, -0.1) is 0 Å². The van der Waals surface area contributed by atoms with Gasteiger partial charge in [0.05, 0.1) is 19.3 Å². The fraction of sp³-hybridized carbons (Fsp3) is 0.536. The van der Waals surface area contributed by atoms with Crippen LogP contribution >= 0.6 is 0 Å². The molecule has 0 spiro atoms.